The maximum atomic E-state index is 12.2. The molecule has 1 aromatic carbocycles. The SMILES string of the molecule is O=C1c2ccccc2C(=O)N1CCN1CCC(CO)CC1. The standard InChI is InChI=1S/C16H20N2O3/c19-11-12-5-7-17(8-6-12)9-10-18-15(20)13-3-1-2-4-14(13)16(18)21/h1-4,12,19H,5-11H2. The van der Waals surface area contributed by atoms with E-state index in [1.165, 1.54) is 4.90 Å². The number of piperidine rings is 1. The molecule has 2 heterocycles. The first-order valence-electron chi connectivity index (χ1n) is 7.49. The molecule has 0 radical (unpaired) electrons. The van der Waals surface area contributed by atoms with Gasteiger partial charge in [0.2, 0.25) is 0 Å². The van der Waals surface area contributed by atoms with Crippen molar-refractivity contribution in [1.82, 2.24) is 9.80 Å². The molecule has 3 rings (SSSR count). The lowest BCUT2D eigenvalue weighted by Gasteiger charge is -2.31. The summed E-state index contributed by atoms with van der Waals surface area (Å²) in [5.41, 5.74) is 1.03. The minimum Gasteiger partial charge on any atom is -0.396 e. The molecule has 2 aliphatic heterocycles. The first-order valence-corrected chi connectivity index (χ1v) is 7.49. The number of hydrogen-bond acceptors (Lipinski definition) is 4. The molecule has 1 saturated heterocycles. The Kier molecular flexibility index (Phi) is 4.03. The van der Waals surface area contributed by atoms with Gasteiger partial charge in [0.1, 0.15) is 0 Å². The number of aliphatic hydroxyl groups is 1. The summed E-state index contributed by atoms with van der Waals surface area (Å²) in [6.45, 7) is 3.26. The van der Waals surface area contributed by atoms with Crippen LogP contribution in [0.4, 0.5) is 0 Å². The van der Waals surface area contributed by atoms with E-state index >= 15 is 0 Å². The second-order valence-electron chi connectivity index (χ2n) is 5.78. The fourth-order valence-electron chi connectivity index (χ4n) is 3.08. The molecular formula is C16H20N2O3. The van der Waals surface area contributed by atoms with E-state index in [0.29, 0.717) is 30.1 Å². The third kappa shape index (κ3) is 2.71. The number of carbonyl (C=O) groups is 2. The minimum atomic E-state index is -0.180. The van der Waals surface area contributed by atoms with Crippen molar-refractivity contribution in [1.29, 1.82) is 0 Å². The summed E-state index contributed by atoms with van der Waals surface area (Å²) in [7, 11) is 0. The number of likely N-dealkylation sites (tertiary alicyclic amines) is 1. The van der Waals surface area contributed by atoms with Gasteiger partial charge in [-0.3, -0.25) is 14.5 Å². The number of amides is 2. The molecule has 0 bridgehead atoms. The van der Waals surface area contributed by atoms with Gasteiger partial charge in [0.05, 0.1) is 11.1 Å². The first kappa shape index (κ1) is 14.2. The highest BCUT2D eigenvalue weighted by molar-refractivity contribution is 6.21. The van der Waals surface area contributed by atoms with Crippen molar-refractivity contribution in [3.8, 4) is 0 Å². The average molecular weight is 288 g/mol. The van der Waals surface area contributed by atoms with Crippen molar-refractivity contribution in [3.05, 3.63) is 35.4 Å². The third-order valence-electron chi connectivity index (χ3n) is 4.48. The first-order chi connectivity index (χ1) is 10.2. The Balaban J connectivity index is 1.58. The number of imide groups is 1. The molecule has 21 heavy (non-hydrogen) atoms. The van der Waals surface area contributed by atoms with Crippen molar-refractivity contribution in [2.45, 2.75) is 12.8 Å². The van der Waals surface area contributed by atoms with E-state index in [-0.39, 0.29) is 18.4 Å². The topological polar surface area (TPSA) is 60.9 Å². The number of benzene rings is 1. The van der Waals surface area contributed by atoms with Crippen LogP contribution in [-0.2, 0) is 0 Å². The van der Waals surface area contributed by atoms with Crippen LogP contribution < -0.4 is 0 Å². The Morgan fingerprint density at radius 1 is 1.00 bits per heavy atom. The highest BCUT2D eigenvalue weighted by atomic mass is 16.3. The smallest absolute Gasteiger partial charge is 0.261 e. The summed E-state index contributed by atoms with van der Waals surface area (Å²) in [6, 6.07) is 6.99. The fourth-order valence-corrected chi connectivity index (χ4v) is 3.08. The predicted octanol–water partition coefficient (Wildman–Crippen LogP) is 0.987. The third-order valence-corrected chi connectivity index (χ3v) is 4.48. The molecule has 5 nitrogen and oxygen atoms in total. The minimum absolute atomic E-state index is 0.180. The Labute approximate surface area is 124 Å². The van der Waals surface area contributed by atoms with Gasteiger partial charge in [-0.05, 0) is 44.0 Å². The molecule has 0 aromatic heterocycles. The summed E-state index contributed by atoms with van der Waals surface area (Å²) >= 11 is 0. The summed E-state index contributed by atoms with van der Waals surface area (Å²) in [6.07, 6.45) is 1.97. The van der Waals surface area contributed by atoms with E-state index < -0.39 is 0 Å². The van der Waals surface area contributed by atoms with E-state index in [4.69, 9.17) is 5.11 Å². The zero-order valence-corrected chi connectivity index (χ0v) is 12.0. The van der Waals surface area contributed by atoms with Crippen molar-refractivity contribution in [2.24, 2.45) is 5.92 Å². The van der Waals surface area contributed by atoms with E-state index in [1.54, 1.807) is 24.3 Å². The van der Waals surface area contributed by atoms with Gasteiger partial charge >= 0.3 is 0 Å². The van der Waals surface area contributed by atoms with Crippen LogP contribution in [0, 0.1) is 5.92 Å². The van der Waals surface area contributed by atoms with Crippen LogP contribution in [0.2, 0.25) is 0 Å². The van der Waals surface area contributed by atoms with Crippen LogP contribution in [0.3, 0.4) is 0 Å². The fraction of sp³-hybridized carbons (Fsp3) is 0.500. The highest BCUT2D eigenvalue weighted by Crippen LogP contribution is 2.22. The van der Waals surface area contributed by atoms with E-state index in [9.17, 15) is 9.59 Å². The maximum absolute atomic E-state index is 12.2. The van der Waals surface area contributed by atoms with Crippen molar-refractivity contribution in [3.63, 3.8) is 0 Å². The predicted molar refractivity (Wildman–Crippen MR) is 78.1 cm³/mol. The Bertz CT molecular complexity index is 515. The Hall–Kier alpha value is -1.72. The number of fused-ring (bicyclic) bond motifs is 1. The second kappa shape index (κ2) is 5.95. The molecule has 2 amide bonds. The summed E-state index contributed by atoms with van der Waals surface area (Å²) < 4.78 is 0. The van der Waals surface area contributed by atoms with Crippen LogP contribution in [0.25, 0.3) is 0 Å². The number of carbonyl (C=O) groups excluding carboxylic acids is 2. The molecule has 0 saturated carbocycles. The number of nitrogens with zero attached hydrogens (tertiary/aromatic N) is 2. The van der Waals surface area contributed by atoms with Gasteiger partial charge in [0, 0.05) is 19.7 Å². The monoisotopic (exact) mass is 288 g/mol. The van der Waals surface area contributed by atoms with Crippen LogP contribution >= 0.6 is 0 Å². The van der Waals surface area contributed by atoms with Crippen molar-refractivity contribution in [2.75, 3.05) is 32.8 Å². The molecule has 1 fully saturated rings. The average Bonchev–Trinajstić information content (AvgIpc) is 2.78. The van der Waals surface area contributed by atoms with Gasteiger partial charge in [0.25, 0.3) is 11.8 Å². The summed E-state index contributed by atoms with van der Waals surface area (Å²) in [4.78, 5) is 28.1. The number of aliphatic hydroxyl groups excluding tert-OH is 1. The largest absolute Gasteiger partial charge is 0.396 e. The van der Waals surface area contributed by atoms with Crippen molar-refractivity contribution < 1.29 is 14.7 Å². The zero-order chi connectivity index (χ0) is 14.8. The molecule has 5 heteroatoms. The Morgan fingerprint density at radius 3 is 2.10 bits per heavy atom. The molecule has 112 valence electrons. The molecule has 0 unspecified atom stereocenters. The normalized spacial score (nSPS) is 20.1. The van der Waals surface area contributed by atoms with Crippen LogP contribution in [0.1, 0.15) is 33.6 Å². The van der Waals surface area contributed by atoms with Gasteiger partial charge in [-0.25, -0.2) is 0 Å². The van der Waals surface area contributed by atoms with Crippen LogP contribution in [0.15, 0.2) is 24.3 Å². The van der Waals surface area contributed by atoms with E-state index in [2.05, 4.69) is 4.90 Å². The van der Waals surface area contributed by atoms with E-state index in [0.717, 1.165) is 25.9 Å². The highest BCUT2D eigenvalue weighted by Gasteiger charge is 2.35. The lowest BCUT2D eigenvalue weighted by atomic mass is 9.98. The second-order valence-corrected chi connectivity index (χ2v) is 5.78. The number of hydrogen-bond donors (Lipinski definition) is 1. The Morgan fingerprint density at radius 2 is 1.57 bits per heavy atom. The van der Waals surface area contributed by atoms with Crippen LogP contribution in [0.5, 0.6) is 0 Å². The number of rotatable bonds is 4. The van der Waals surface area contributed by atoms with Gasteiger partial charge in [-0.15, -0.1) is 0 Å². The molecule has 1 N–H and O–H groups in total. The summed E-state index contributed by atoms with van der Waals surface area (Å²) in [5.74, 6) is 0.0437. The molecule has 2 aliphatic rings. The van der Waals surface area contributed by atoms with Gasteiger partial charge in [-0.1, -0.05) is 12.1 Å². The van der Waals surface area contributed by atoms with Gasteiger partial charge in [0.15, 0.2) is 0 Å². The molecule has 0 spiro atoms. The molecule has 0 aliphatic carbocycles. The van der Waals surface area contributed by atoms with Crippen molar-refractivity contribution >= 4 is 11.8 Å². The molecular weight excluding hydrogens is 268 g/mol. The molecule has 0 atom stereocenters. The maximum Gasteiger partial charge on any atom is 0.261 e. The summed E-state index contributed by atoms with van der Waals surface area (Å²) in [5, 5.41) is 9.13. The van der Waals surface area contributed by atoms with Gasteiger partial charge < -0.3 is 10.0 Å². The van der Waals surface area contributed by atoms with E-state index in [1.807, 2.05) is 0 Å². The quantitative estimate of drug-likeness (QED) is 0.839. The molecule has 1 aromatic rings. The van der Waals surface area contributed by atoms with Crippen LogP contribution in [-0.4, -0.2) is 59.5 Å². The lowest BCUT2D eigenvalue weighted by Crippen LogP contribution is -2.41. The lowest BCUT2D eigenvalue weighted by molar-refractivity contribution is 0.0619. The zero-order valence-electron chi connectivity index (χ0n) is 12.0. The van der Waals surface area contributed by atoms with Gasteiger partial charge in [-0.2, -0.15) is 0 Å².